The number of hydrogen-bond donors (Lipinski definition) is 2. The Labute approximate surface area is 260 Å². The van der Waals surface area contributed by atoms with Crippen LogP contribution in [0.5, 0.6) is 0 Å². The standard InChI is InChI=1S/C34H47N3O7/c1-7-9-15-27(39)35-19-26(23-13-11-10-12-14-23)43-33(42)28-25-16-17-34(44-25)29(28)31(40)37(24(20-38)21(3)4)30(34)32(41)36(18-8-2)22(5)6/h7-8,10-14,21-22,24-26,28-30,38H,1-2,9,15-20H2,3-6H3,(H,35,39)/t24-,25-,26+,28+,29+,30-,34+/m0/s1. The zero-order valence-electron chi connectivity index (χ0n) is 26.3. The van der Waals surface area contributed by atoms with Gasteiger partial charge in [-0.05, 0) is 44.6 Å². The van der Waals surface area contributed by atoms with Crippen molar-refractivity contribution in [2.24, 2.45) is 17.8 Å². The largest absolute Gasteiger partial charge is 0.455 e. The predicted octanol–water partition coefficient (Wildman–Crippen LogP) is 3.17. The summed E-state index contributed by atoms with van der Waals surface area (Å²) in [5, 5.41) is 13.3. The van der Waals surface area contributed by atoms with Crippen molar-refractivity contribution in [3.05, 3.63) is 61.2 Å². The van der Waals surface area contributed by atoms with E-state index in [-0.39, 0.29) is 55.8 Å². The van der Waals surface area contributed by atoms with Crippen molar-refractivity contribution < 1.29 is 33.8 Å². The summed E-state index contributed by atoms with van der Waals surface area (Å²) in [6.07, 6.45) is 3.64. The van der Waals surface area contributed by atoms with Crippen LogP contribution in [0.4, 0.5) is 0 Å². The summed E-state index contributed by atoms with van der Waals surface area (Å²) in [5.74, 6) is -3.48. The fourth-order valence-electron chi connectivity index (χ4n) is 7.11. The molecule has 10 nitrogen and oxygen atoms in total. The average Bonchev–Trinajstić information content (AvgIpc) is 3.64. The Bertz CT molecular complexity index is 1230. The first-order chi connectivity index (χ1) is 21.0. The number of benzene rings is 1. The van der Waals surface area contributed by atoms with Crippen LogP contribution >= 0.6 is 0 Å². The molecule has 240 valence electrons. The molecule has 0 aromatic heterocycles. The summed E-state index contributed by atoms with van der Waals surface area (Å²) in [6, 6.07) is 7.31. The molecular weight excluding hydrogens is 562 g/mol. The number of carbonyl (C=O) groups is 4. The number of nitrogens with one attached hydrogen (secondary N) is 1. The van der Waals surface area contributed by atoms with Crippen LogP contribution < -0.4 is 5.32 Å². The van der Waals surface area contributed by atoms with Crippen LogP contribution in [0, 0.1) is 17.8 Å². The highest BCUT2D eigenvalue weighted by atomic mass is 16.6. The van der Waals surface area contributed by atoms with Crippen LogP contribution in [-0.4, -0.2) is 88.1 Å². The van der Waals surface area contributed by atoms with Crippen molar-refractivity contribution in [1.29, 1.82) is 0 Å². The second-order valence-electron chi connectivity index (χ2n) is 12.6. The van der Waals surface area contributed by atoms with E-state index in [0.717, 1.165) is 0 Å². The number of hydrogen-bond acceptors (Lipinski definition) is 7. The zero-order chi connectivity index (χ0) is 32.2. The van der Waals surface area contributed by atoms with Gasteiger partial charge in [0.25, 0.3) is 0 Å². The van der Waals surface area contributed by atoms with Crippen LogP contribution in [0.3, 0.4) is 0 Å². The molecule has 0 aliphatic carbocycles. The van der Waals surface area contributed by atoms with Crippen molar-refractivity contribution in [1.82, 2.24) is 15.1 Å². The summed E-state index contributed by atoms with van der Waals surface area (Å²) in [7, 11) is 0. The molecule has 1 aromatic rings. The lowest BCUT2D eigenvalue weighted by atomic mass is 9.70. The Morgan fingerprint density at radius 2 is 1.89 bits per heavy atom. The summed E-state index contributed by atoms with van der Waals surface area (Å²) in [5.41, 5.74) is -0.520. The van der Waals surface area contributed by atoms with E-state index < -0.39 is 47.7 Å². The Morgan fingerprint density at radius 1 is 1.18 bits per heavy atom. The second-order valence-corrected chi connectivity index (χ2v) is 12.6. The highest BCUT2D eigenvalue weighted by Crippen LogP contribution is 2.59. The van der Waals surface area contributed by atoms with Gasteiger partial charge in [-0.2, -0.15) is 0 Å². The van der Waals surface area contributed by atoms with E-state index in [1.807, 2.05) is 58.0 Å². The third-order valence-electron chi connectivity index (χ3n) is 9.28. The van der Waals surface area contributed by atoms with E-state index >= 15 is 0 Å². The van der Waals surface area contributed by atoms with Crippen molar-refractivity contribution in [2.45, 2.75) is 89.3 Å². The molecule has 10 heteroatoms. The van der Waals surface area contributed by atoms with Gasteiger partial charge in [0.05, 0.1) is 37.1 Å². The molecule has 3 saturated heterocycles. The van der Waals surface area contributed by atoms with Gasteiger partial charge >= 0.3 is 5.97 Å². The topological polar surface area (TPSA) is 125 Å². The molecule has 4 rings (SSSR count). The van der Waals surface area contributed by atoms with Gasteiger partial charge in [0.15, 0.2) is 0 Å². The lowest BCUT2D eigenvalue weighted by Gasteiger charge is -2.41. The van der Waals surface area contributed by atoms with E-state index in [0.29, 0.717) is 24.8 Å². The zero-order valence-corrected chi connectivity index (χ0v) is 26.3. The predicted molar refractivity (Wildman–Crippen MR) is 165 cm³/mol. The van der Waals surface area contributed by atoms with Gasteiger partial charge in [-0.1, -0.05) is 56.3 Å². The number of allylic oxidation sites excluding steroid dienone is 1. The van der Waals surface area contributed by atoms with Gasteiger partial charge in [-0.15, -0.1) is 13.2 Å². The smallest absolute Gasteiger partial charge is 0.313 e. The molecule has 7 atom stereocenters. The first-order valence-electron chi connectivity index (χ1n) is 15.7. The number of nitrogens with zero attached hydrogens (tertiary/aromatic N) is 2. The van der Waals surface area contributed by atoms with Gasteiger partial charge in [-0.3, -0.25) is 19.2 Å². The van der Waals surface area contributed by atoms with Crippen molar-refractivity contribution in [3.63, 3.8) is 0 Å². The number of likely N-dealkylation sites (tertiary alicyclic amines) is 1. The normalized spacial score (nSPS) is 26.8. The average molecular weight is 610 g/mol. The van der Waals surface area contributed by atoms with E-state index in [4.69, 9.17) is 9.47 Å². The third kappa shape index (κ3) is 6.19. The number of aliphatic hydroxyl groups is 1. The van der Waals surface area contributed by atoms with Gasteiger partial charge in [0.2, 0.25) is 17.7 Å². The summed E-state index contributed by atoms with van der Waals surface area (Å²) < 4.78 is 12.7. The van der Waals surface area contributed by atoms with Crippen LogP contribution in [0.1, 0.15) is 65.0 Å². The number of esters is 1. The molecule has 3 fully saturated rings. The number of ether oxygens (including phenoxy) is 2. The quantitative estimate of drug-likeness (QED) is 0.231. The minimum absolute atomic E-state index is 0.0613. The van der Waals surface area contributed by atoms with E-state index in [9.17, 15) is 24.3 Å². The maximum absolute atomic E-state index is 14.4. The van der Waals surface area contributed by atoms with E-state index in [2.05, 4.69) is 18.5 Å². The first kappa shape index (κ1) is 33.4. The van der Waals surface area contributed by atoms with Gasteiger partial charge in [0.1, 0.15) is 17.7 Å². The first-order valence-corrected chi connectivity index (χ1v) is 15.7. The summed E-state index contributed by atoms with van der Waals surface area (Å²) in [6.45, 7) is 15.1. The maximum Gasteiger partial charge on any atom is 0.313 e. The maximum atomic E-state index is 14.4. The summed E-state index contributed by atoms with van der Waals surface area (Å²) in [4.78, 5) is 58.3. The number of amides is 3. The molecule has 0 saturated carbocycles. The number of rotatable bonds is 15. The minimum atomic E-state index is -1.22. The van der Waals surface area contributed by atoms with Gasteiger partial charge in [0, 0.05) is 19.0 Å². The number of carbonyl (C=O) groups excluding carboxylic acids is 4. The Balaban J connectivity index is 1.68. The molecule has 0 unspecified atom stereocenters. The lowest BCUT2D eigenvalue weighted by Crippen LogP contribution is -2.60. The molecular formula is C34H47N3O7. The van der Waals surface area contributed by atoms with Crippen LogP contribution in [0.25, 0.3) is 0 Å². The minimum Gasteiger partial charge on any atom is -0.455 e. The summed E-state index contributed by atoms with van der Waals surface area (Å²) >= 11 is 0. The fraction of sp³-hybridized carbons (Fsp3) is 0.588. The highest BCUT2D eigenvalue weighted by molar-refractivity contribution is 5.98. The van der Waals surface area contributed by atoms with Gasteiger partial charge in [-0.25, -0.2) is 0 Å². The number of fused-ring (bicyclic) bond motifs is 1. The van der Waals surface area contributed by atoms with Crippen LogP contribution in [0.15, 0.2) is 55.6 Å². The molecule has 3 amide bonds. The molecule has 2 bridgehead atoms. The van der Waals surface area contributed by atoms with Crippen molar-refractivity contribution >= 4 is 23.7 Å². The third-order valence-corrected chi connectivity index (χ3v) is 9.28. The molecule has 44 heavy (non-hydrogen) atoms. The Hall–Kier alpha value is -3.50. The molecule has 1 spiro atoms. The van der Waals surface area contributed by atoms with Crippen LogP contribution in [0.2, 0.25) is 0 Å². The fourth-order valence-corrected chi connectivity index (χ4v) is 7.11. The SMILES string of the molecule is C=CCCC(=O)NC[C@@H](OC(=O)[C@@H]1[C@@H]2CC[C@]3(O2)[C@H](C(=O)N(CC=C)C(C)C)N([C@@H](CO)C(C)C)C(=O)[C@@H]13)c1ccccc1. The molecule has 3 aliphatic heterocycles. The monoisotopic (exact) mass is 609 g/mol. The molecule has 0 radical (unpaired) electrons. The van der Waals surface area contributed by atoms with Crippen molar-refractivity contribution in [2.75, 3.05) is 19.7 Å². The second kappa shape index (κ2) is 14.1. The Morgan fingerprint density at radius 3 is 2.48 bits per heavy atom. The highest BCUT2D eigenvalue weighted by Gasteiger charge is 2.76. The number of aliphatic hydroxyl groups excluding tert-OH is 1. The molecule has 3 aliphatic rings. The molecule has 2 N–H and O–H groups in total. The lowest BCUT2D eigenvalue weighted by molar-refractivity contribution is -0.161. The van der Waals surface area contributed by atoms with E-state index in [1.54, 1.807) is 17.1 Å². The molecule has 1 aromatic carbocycles. The van der Waals surface area contributed by atoms with Crippen molar-refractivity contribution in [3.8, 4) is 0 Å². The molecule has 3 heterocycles. The Kier molecular flexibility index (Phi) is 10.7. The van der Waals surface area contributed by atoms with Crippen LogP contribution in [-0.2, 0) is 28.7 Å². The van der Waals surface area contributed by atoms with Gasteiger partial charge < -0.3 is 29.7 Å². The van der Waals surface area contributed by atoms with E-state index in [1.165, 1.54) is 4.90 Å².